The SMILES string of the molecule is COC[C@H]1CN(c2cnc3cc(F)c(F)cc3n2)CC(C)(C)O1. The molecule has 1 fully saturated rings. The van der Waals surface area contributed by atoms with Crippen LogP contribution in [0.5, 0.6) is 0 Å². The van der Waals surface area contributed by atoms with Crippen LogP contribution in [0.15, 0.2) is 18.3 Å². The van der Waals surface area contributed by atoms with Gasteiger partial charge in [-0.2, -0.15) is 0 Å². The fourth-order valence-electron chi connectivity index (χ4n) is 2.89. The Morgan fingerprint density at radius 3 is 2.70 bits per heavy atom. The highest BCUT2D eigenvalue weighted by Crippen LogP contribution is 2.26. The maximum Gasteiger partial charge on any atom is 0.161 e. The zero-order valence-electron chi connectivity index (χ0n) is 13.3. The largest absolute Gasteiger partial charge is 0.382 e. The van der Waals surface area contributed by atoms with Crippen molar-refractivity contribution in [1.29, 1.82) is 0 Å². The van der Waals surface area contributed by atoms with E-state index in [1.165, 1.54) is 0 Å². The molecule has 3 rings (SSSR count). The molecule has 124 valence electrons. The van der Waals surface area contributed by atoms with Gasteiger partial charge in [-0.05, 0) is 13.8 Å². The van der Waals surface area contributed by atoms with E-state index in [4.69, 9.17) is 9.47 Å². The number of fused-ring (bicyclic) bond motifs is 1. The lowest BCUT2D eigenvalue weighted by atomic mass is 10.1. The lowest BCUT2D eigenvalue weighted by Crippen LogP contribution is -2.54. The van der Waals surface area contributed by atoms with Gasteiger partial charge in [0, 0.05) is 32.3 Å². The van der Waals surface area contributed by atoms with Gasteiger partial charge in [-0.3, -0.25) is 4.98 Å². The molecule has 23 heavy (non-hydrogen) atoms. The Bertz CT molecular complexity index is 724. The third-order valence-electron chi connectivity index (χ3n) is 3.73. The van der Waals surface area contributed by atoms with Crippen molar-refractivity contribution in [2.45, 2.75) is 25.6 Å². The van der Waals surface area contributed by atoms with E-state index in [-0.39, 0.29) is 11.7 Å². The van der Waals surface area contributed by atoms with Crippen LogP contribution in [-0.2, 0) is 9.47 Å². The van der Waals surface area contributed by atoms with E-state index >= 15 is 0 Å². The van der Waals surface area contributed by atoms with Gasteiger partial charge in [0.05, 0.1) is 35.5 Å². The van der Waals surface area contributed by atoms with E-state index in [0.29, 0.717) is 36.5 Å². The second-order valence-corrected chi connectivity index (χ2v) is 6.32. The average Bonchev–Trinajstić information content (AvgIpc) is 2.46. The van der Waals surface area contributed by atoms with E-state index in [2.05, 4.69) is 9.97 Å². The van der Waals surface area contributed by atoms with Crippen molar-refractivity contribution in [2.24, 2.45) is 0 Å². The first-order chi connectivity index (χ1) is 10.9. The quantitative estimate of drug-likeness (QED) is 0.869. The molecule has 1 aliphatic heterocycles. The predicted octanol–water partition coefficient (Wildman–Crippen LogP) is 2.54. The van der Waals surface area contributed by atoms with Gasteiger partial charge in [-0.15, -0.1) is 0 Å². The molecule has 7 heteroatoms. The van der Waals surface area contributed by atoms with Crippen LogP contribution in [-0.4, -0.2) is 48.5 Å². The van der Waals surface area contributed by atoms with Crippen LogP contribution in [0.3, 0.4) is 0 Å². The number of rotatable bonds is 3. The van der Waals surface area contributed by atoms with E-state index < -0.39 is 11.6 Å². The summed E-state index contributed by atoms with van der Waals surface area (Å²) in [5.74, 6) is -1.24. The lowest BCUT2D eigenvalue weighted by molar-refractivity contribution is -0.106. The highest BCUT2D eigenvalue weighted by molar-refractivity contribution is 5.75. The molecule has 0 amide bonds. The minimum Gasteiger partial charge on any atom is -0.382 e. The normalized spacial score (nSPS) is 20.9. The van der Waals surface area contributed by atoms with E-state index in [1.807, 2.05) is 18.7 Å². The Hall–Kier alpha value is -1.86. The Kier molecular flexibility index (Phi) is 4.16. The van der Waals surface area contributed by atoms with E-state index in [9.17, 15) is 8.78 Å². The van der Waals surface area contributed by atoms with Gasteiger partial charge in [0.25, 0.3) is 0 Å². The van der Waals surface area contributed by atoms with Crippen molar-refractivity contribution in [3.8, 4) is 0 Å². The number of nitrogens with zero attached hydrogens (tertiary/aromatic N) is 3. The molecule has 0 radical (unpaired) electrons. The summed E-state index contributed by atoms with van der Waals surface area (Å²) in [5.41, 5.74) is 0.286. The molecule has 1 saturated heterocycles. The molecule has 0 aliphatic carbocycles. The van der Waals surface area contributed by atoms with Crippen molar-refractivity contribution in [3.05, 3.63) is 30.0 Å². The minimum atomic E-state index is -0.927. The third kappa shape index (κ3) is 3.40. The summed E-state index contributed by atoms with van der Waals surface area (Å²) < 4.78 is 37.8. The molecule has 0 spiro atoms. The number of halogens is 2. The van der Waals surface area contributed by atoms with Crippen LogP contribution in [0.25, 0.3) is 11.0 Å². The fourth-order valence-corrected chi connectivity index (χ4v) is 2.89. The van der Waals surface area contributed by atoms with E-state index in [0.717, 1.165) is 12.1 Å². The van der Waals surface area contributed by atoms with Crippen LogP contribution in [0, 0.1) is 11.6 Å². The Morgan fingerprint density at radius 2 is 2.00 bits per heavy atom. The topological polar surface area (TPSA) is 47.5 Å². The van der Waals surface area contributed by atoms with Gasteiger partial charge in [-0.25, -0.2) is 13.8 Å². The molecule has 1 atom stereocenters. The molecule has 2 heterocycles. The van der Waals surface area contributed by atoms with Crippen LogP contribution in [0.1, 0.15) is 13.8 Å². The second kappa shape index (κ2) is 5.98. The number of anilines is 1. The Balaban J connectivity index is 1.93. The summed E-state index contributed by atoms with van der Waals surface area (Å²) in [6.45, 7) is 5.68. The number of morpholine rings is 1. The first kappa shape index (κ1) is 16.0. The van der Waals surface area contributed by atoms with Crippen molar-refractivity contribution in [3.63, 3.8) is 0 Å². The monoisotopic (exact) mass is 323 g/mol. The first-order valence-electron chi connectivity index (χ1n) is 7.41. The molecule has 1 aromatic carbocycles. The summed E-state index contributed by atoms with van der Waals surface area (Å²) in [6.07, 6.45) is 1.48. The molecule has 0 bridgehead atoms. The third-order valence-corrected chi connectivity index (χ3v) is 3.73. The van der Waals surface area contributed by atoms with Crippen LogP contribution < -0.4 is 4.90 Å². The Morgan fingerprint density at radius 1 is 1.30 bits per heavy atom. The molecule has 0 N–H and O–H groups in total. The molecular weight excluding hydrogens is 304 g/mol. The van der Waals surface area contributed by atoms with Gasteiger partial charge in [0.15, 0.2) is 11.6 Å². The molecular formula is C16H19F2N3O2. The molecule has 0 saturated carbocycles. The maximum atomic E-state index is 13.4. The zero-order valence-corrected chi connectivity index (χ0v) is 13.3. The Labute approximate surface area is 133 Å². The van der Waals surface area contributed by atoms with E-state index in [1.54, 1.807) is 13.3 Å². The average molecular weight is 323 g/mol. The number of methoxy groups -OCH3 is 1. The summed E-state index contributed by atoms with van der Waals surface area (Å²) in [6, 6.07) is 2.12. The zero-order chi connectivity index (χ0) is 16.6. The number of benzene rings is 1. The minimum absolute atomic E-state index is 0.0915. The highest BCUT2D eigenvalue weighted by atomic mass is 19.2. The summed E-state index contributed by atoms with van der Waals surface area (Å²) in [4.78, 5) is 10.6. The molecule has 1 aliphatic rings. The lowest BCUT2D eigenvalue weighted by Gasteiger charge is -2.43. The predicted molar refractivity (Wildman–Crippen MR) is 82.5 cm³/mol. The van der Waals surface area contributed by atoms with Gasteiger partial charge < -0.3 is 14.4 Å². The fraction of sp³-hybridized carbons (Fsp3) is 0.500. The maximum absolute atomic E-state index is 13.4. The summed E-state index contributed by atoms with van der Waals surface area (Å²) >= 11 is 0. The number of hydrogen-bond donors (Lipinski definition) is 0. The van der Waals surface area contributed by atoms with Gasteiger partial charge in [0.2, 0.25) is 0 Å². The van der Waals surface area contributed by atoms with Crippen LogP contribution in [0.4, 0.5) is 14.6 Å². The summed E-state index contributed by atoms with van der Waals surface area (Å²) in [5, 5.41) is 0. The summed E-state index contributed by atoms with van der Waals surface area (Å²) in [7, 11) is 1.63. The number of ether oxygens (including phenoxy) is 2. The van der Waals surface area contributed by atoms with Crippen LogP contribution >= 0.6 is 0 Å². The molecule has 5 nitrogen and oxygen atoms in total. The van der Waals surface area contributed by atoms with Crippen LogP contribution in [0.2, 0.25) is 0 Å². The molecule has 1 aromatic heterocycles. The highest BCUT2D eigenvalue weighted by Gasteiger charge is 2.34. The number of aromatic nitrogens is 2. The van der Waals surface area contributed by atoms with Crippen molar-refractivity contribution < 1.29 is 18.3 Å². The molecule has 0 unspecified atom stereocenters. The molecule has 2 aromatic rings. The van der Waals surface area contributed by atoms with Gasteiger partial charge >= 0.3 is 0 Å². The van der Waals surface area contributed by atoms with Crippen molar-refractivity contribution >= 4 is 16.9 Å². The van der Waals surface area contributed by atoms with Gasteiger partial charge in [-0.1, -0.05) is 0 Å². The second-order valence-electron chi connectivity index (χ2n) is 6.32. The smallest absolute Gasteiger partial charge is 0.161 e. The first-order valence-corrected chi connectivity index (χ1v) is 7.41. The van der Waals surface area contributed by atoms with Crippen molar-refractivity contribution in [2.75, 3.05) is 31.7 Å². The van der Waals surface area contributed by atoms with Crippen molar-refractivity contribution in [1.82, 2.24) is 9.97 Å². The number of hydrogen-bond acceptors (Lipinski definition) is 5. The van der Waals surface area contributed by atoms with Gasteiger partial charge in [0.1, 0.15) is 5.82 Å². The standard InChI is InChI=1S/C16H19F2N3O2/c1-16(2)9-21(7-10(23-16)8-22-3)15-6-19-13-4-11(17)12(18)5-14(13)20-15/h4-6,10H,7-9H2,1-3H3/t10-/m1/s1.